The van der Waals surface area contributed by atoms with Crippen LogP contribution >= 0.6 is 0 Å². The fourth-order valence-corrected chi connectivity index (χ4v) is 3.11. The van der Waals surface area contributed by atoms with Gasteiger partial charge in [-0.3, -0.25) is 4.21 Å². The van der Waals surface area contributed by atoms with Crippen LogP contribution in [0.1, 0.15) is 13.8 Å². The molecule has 0 amide bonds. The monoisotopic (exact) mass is 255 g/mol. The van der Waals surface area contributed by atoms with Crippen molar-refractivity contribution in [3.8, 4) is 5.75 Å². The normalized spacial score (nSPS) is 14.6. The van der Waals surface area contributed by atoms with Crippen molar-refractivity contribution >= 4 is 10.8 Å². The average Bonchev–Trinajstić information content (AvgIpc) is 2.35. The summed E-state index contributed by atoms with van der Waals surface area (Å²) in [6.07, 6.45) is 0. The maximum atomic E-state index is 12.1. The minimum atomic E-state index is -0.962. The highest BCUT2D eigenvalue weighted by Gasteiger charge is 2.15. The molecule has 4 heteroatoms. The summed E-state index contributed by atoms with van der Waals surface area (Å²) in [5.74, 6) is 1.91. The SMILES string of the molecule is CNC(CS(=O)c1ccc(OC)cc1)C(C)C. The molecule has 17 heavy (non-hydrogen) atoms. The molecule has 0 heterocycles. The Labute approximate surface area is 106 Å². The highest BCUT2D eigenvalue weighted by Crippen LogP contribution is 2.15. The maximum Gasteiger partial charge on any atom is 0.118 e. The van der Waals surface area contributed by atoms with Crippen LogP contribution in [-0.2, 0) is 10.8 Å². The van der Waals surface area contributed by atoms with Crippen molar-refractivity contribution in [2.45, 2.75) is 24.8 Å². The van der Waals surface area contributed by atoms with Gasteiger partial charge in [0.15, 0.2) is 0 Å². The average molecular weight is 255 g/mol. The molecule has 0 aliphatic carbocycles. The predicted molar refractivity (Wildman–Crippen MR) is 72.0 cm³/mol. The van der Waals surface area contributed by atoms with Crippen LogP contribution in [0.15, 0.2) is 29.2 Å². The van der Waals surface area contributed by atoms with Gasteiger partial charge in [-0.1, -0.05) is 13.8 Å². The molecule has 0 saturated carbocycles. The topological polar surface area (TPSA) is 38.3 Å². The summed E-state index contributed by atoms with van der Waals surface area (Å²) in [4.78, 5) is 0.853. The molecule has 3 nitrogen and oxygen atoms in total. The van der Waals surface area contributed by atoms with Crippen molar-refractivity contribution in [2.75, 3.05) is 19.9 Å². The highest BCUT2D eigenvalue weighted by molar-refractivity contribution is 7.85. The lowest BCUT2D eigenvalue weighted by Gasteiger charge is -2.19. The second-order valence-corrected chi connectivity index (χ2v) is 5.82. The van der Waals surface area contributed by atoms with Crippen molar-refractivity contribution < 1.29 is 8.95 Å². The van der Waals surface area contributed by atoms with Gasteiger partial charge in [0.2, 0.25) is 0 Å². The number of methoxy groups -OCH3 is 1. The molecule has 0 saturated heterocycles. The molecule has 0 spiro atoms. The first-order valence-corrected chi connectivity index (χ1v) is 7.10. The van der Waals surface area contributed by atoms with Crippen molar-refractivity contribution in [1.29, 1.82) is 0 Å². The summed E-state index contributed by atoms with van der Waals surface area (Å²) in [5, 5.41) is 3.21. The Morgan fingerprint density at radius 3 is 2.29 bits per heavy atom. The van der Waals surface area contributed by atoms with Crippen LogP contribution in [0.4, 0.5) is 0 Å². The van der Waals surface area contributed by atoms with E-state index in [1.165, 1.54) is 0 Å². The van der Waals surface area contributed by atoms with Crippen LogP contribution < -0.4 is 10.1 Å². The smallest absolute Gasteiger partial charge is 0.118 e. The fourth-order valence-electron chi connectivity index (χ4n) is 1.60. The lowest BCUT2D eigenvalue weighted by atomic mass is 10.1. The van der Waals surface area contributed by atoms with Crippen molar-refractivity contribution in [3.05, 3.63) is 24.3 Å². The third kappa shape index (κ3) is 4.13. The van der Waals surface area contributed by atoms with Gasteiger partial charge < -0.3 is 10.1 Å². The van der Waals surface area contributed by atoms with E-state index in [9.17, 15) is 4.21 Å². The van der Waals surface area contributed by atoms with E-state index in [0.717, 1.165) is 10.6 Å². The van der Waals surface area contributed by atoms with Crippen LogP contribution in [0.5, 0.6) is 5.75 Å². The van der Waals surface area contributed by atoms with Gasteiger partial charge in [-0.15, -0.1) is 0 Å². The molecule has 2 unspecified atom stereocenters. The molecular formula is C13H21NO2S. The second-order valence-electron chi connectivity index (χ2n) is 4.33. The lowest BCUT2D eigenvalue weighted by molar-refractivity contribution is 0.414. The van der Waals surface area contributed by atoms with E-state index in [-0.39, 0.29) is 6.04 Å². The van der Waals surface area contributed by atoms with Crippen molar-refractivity contribution in [2.24, 2.45) is 5.92 Å². The third-order valence-corrected chi connectivity index (χ3v) is 4.29. The van der Waals surface area contributed by atoms with Crippen molar-refractivity contribution in [1.82, 2.24) is 5.32 Å². The predicted octanol–water partition coefficient (Wildman–Crippen LogP) is 2.05. The number of benzene rings is 1. The summed E-state index contributed by atoms with van der Waals surface area (Å²) in [7, 11) is 2.58. The number of nitrogens with one attached hydrogen (secondary N) is 1. The molecule has 1 aromatic rings. The first kappa shape index (κ1) is 14.2. The zero-order valence-electron chi connectivity index (χ0n) is 10.9. The molecule has 1 N–H and O–H groups in total. The van der Waals surface area contributed by atoms with Crippen LogP contribution in [0.25, 0.3) is 0 Å². The van der Waals surface area contributed by atoms with Gasteiger partial charge in [0.25, 0.3) is 0 Å². The standard InChI is InChI=1S/C13H21NO2S/c1-10(2)13(14-3)9-17(15)12-7-5-11(16-4)6-8-12/h5-8,10,13-14H,9H2,1-4H3. The Morgan fingerprint density at radius 1 is 1.29 bits per heavy atom. The molecule has 1 rings (SSSR count). The Bertz CT molecular complexity index is 362. The molecule has 2 atom stereocenters. The van der Waals surface area contributed by atoms with E-state index < -0.39 is 10.8 Å². The van der Waals surface area contributed by atoms with E-state index >= 15 is 0 Å². The Kier molecular flexibility index (Phi) is 5.65. The zero-order chi connectivity index (χ0) is 12.8. The van der Waals surface area contributed by atoms with Crippen LogP contribution in [0.2, 0.25) is 0 Å². The van der Waals surface area contributed by atoms with E-state index in [1.807, 2.05) is 31.3 Å². The summed E-state index contributed by atoms with van der Waals surface area (Å²) in [6, 6.07) is 7.69. The van der Waals surface area contributed by atoms with Gasteiger partial charge in [0, 0.05) is 16.7 Å². The summed E-state index contributed by atoms with van der Waals surface area (Å²) in [6.45, 7) is 4.26. The molecule has 96 valence electrons. The Balaban J connectivity index is 2.68. The zero-order valence-corrected chi connectivity index (χ0v) is 11.7. The third-order valence-electron chi connectivity index (χ3n) is 2.83. The Morgan fingerprint density at radius 2 is 1.88 bits per heavy atom. The minimum Gasteiger partial charge on any atom is -0.497 e. The van der Waals surface area contributed by atoms with E-state index in [2.05, 4.69) is 19.2 Å². The Hall–Kier alpha value is -0.870. The molecular weight excluding hydrogens is 234 g/mol. The van der Waals surface area contributed by atoms with Crippen LogP contribution in [0.3, 0.4) is 0 Å². The molecule has 0 bridgehead atoms. The summed E-state index contributed by atoms with van der Waals surface area (Å²) < 4.78 is 17.2. The lowest BCUT2D eigenvalue weighted by Crippen LogP contribution is -2.35. The van der Waals surface area contributed by atoms with E-state index in [1.54, 1.807) is 7.11 Å². The number of hydrogen-bond acceptors (Lipinski definition) is 3. The first-order chi connectivity index (χ1) is 8.08. The van der Waals surface area contributed by atoms with Gasteiger partial charge in [-0.2, -0.15) is 0 Å². The molecule has 1 aromatic carbocycles. The number of ether oxygens (including phenoxy) is 1. The number of rotatable bonds is 6. The first-order valence-electron chi connectivity index (χ1n) is 5.78. The van der Waals surface area contributed by atoms with Gasteiger partial charge >= 0.3 is 0 Å². The minimum absolute atomic E-state index is 0.276. The van der Waals surface area contributed by atoms with Gasteiger partial charge in [0.1, 0.15) is 5.75 Å². The molecule has 0 aliphatic rings. The largest absolute Gasteiger partial charge is 0.497 e. The molecule has 0 aromatic heterocycles. The van der Waals surface area contributed by atoms with Gasteiger partial charge in [0.05, 0.1) is 17.9 Å². The summed E-state index contributed by atoms with van der Waals surface area (Å²) >= 11 is 0. The molecule has 0 fully saturated rings. The second kappa shape index (κ2) is 6.77. The molecule has 0 aliphatic heterocycles. The van der Waals surface area contributed by atoms with Gasteiger partial charge in [-0.25, -0.2) is 0 Å². The van der Waals surface area contributed by atoms with Gasteiger partial charge in [-0.05, 0) is 37.2 Å². The highest BCUT2D eigenvalue weighted by atomic mass is 32.2. The quantitative estimate of drug-likeness (QED) is 0.845. The number of hydrogen-bond donors (Lipinski definition) is 1. The molecule has 0 radical (unpaired) electrons. The fraction of sp³-hybridized carbons (Fsp3) is 0.538. The van der Waals surface area contributed by atoms with Crippen molar-refractivity contribution in [3.63, 3.8) is 0 Å². The van der Waals surface area contributed by atoms with E-state index in [0.29, 0.717) is 11.7 Å². The summed E-state index contributed by atoms with van der Waals surface area (Å²) in [5.41, 5.74) is 0. The maximum absolute atomic E-state index is 12.1. The van der Waals surface area contributed by atoms with E-state index in [4.69, 9.17) is 4.74 Å². The van der Waals surface area contributed by atoms with Crippen LogP contribution in [-0.4, -0.2) is 30.2 Å². The van der Waals surface area contributed by atoms with Crippen LogP contribution in [0, 0.1) is 5.92 Å².